The molecule has 0 atom stereocenters. The Morgan fingerprint density at radius 3 is 2.32 bits per heavy atom. The summed E-state index contributed by atoms with van der Waals surface area (Å²) in [6.45, 7) is 8.93. The molecule has 0 radical (unpaired) electrons. The first-order valence-electron chi connectivity index (χ1n) is 6.50. The molecule has 0 aliphatic rings. The van der Waals surface area contributed by atoms with Gasteiger partial charge in [0.1, 0.15) is 11.4 Å². The van der Waals surface area contributed by atoms with Crippen molar-refractivity contribution in [3.63, 3.8) is 0 Å². The number of ether oxygens (including phenoxy) is 1. The predicted molar refractivity (Wildman–Crippen MR) is 78.2 cm³/mol. The minimum Gasteiger partial charge on any atom is -0.494 e. The first-order valence-corrected chi connectivity index (χ1v) is 6.50. The van der Waals surface area contributed by atoms with E-state index in [9.17, 15) is 0 Å². The molecule has 2 aromatic rings. The van der Waals surface area contributed by atoms with Crippen LogP contribution in [0.2, 0.25) is 0 Å². The molecule has 1 aromatic carbocycles. The molecule has 0 spiro atoms. The number of anilines is 1. The van der Waals surface area contributed by atoms with Crippen LogP contribution in [0.15, 0.2) is 30.5 Å². The second-order valence-electron chi connectivity index (χ2n) is 5.51. The van der Waals surface area contributed by atoms with Gasteiger partial charge in [0, 0.05) is 11.8 Å². The number of rotatable bonds is 3. The Labute approximate surface area is 114 Å². The van der Waals surface area contributed by atoms with Crippen molar-refractivity contribution >= 4 is 5.69 Å². The standard InChI is InChI=1S/C15H21N3O/c1-5-19-12-8-6-11(7-9-12)14-13(16)10-18(17-14)15(2,3)4/h6-10H,5,16H2,1-4H3. The van der Waals surface area contributed by atoms with Gasteiger partial charge in [0.25, 0.3) is 0 Å². The lowest BCUT2D eigenvalue weighted by Crippen LogP contribution is -2.22. The summed E-state index contributed by atoms with van der Waals surface area (Å²) >= 11 is 0. The van der Waals surface area contributed by atoms with Gasteiger partial charge in [-0.3, -0.25) is 4.68 Å². The summed E-state index contributed by atoms with van der Waals surface area (Å²) in [4.78, 5) is 0. The third kappa shape index (κ3) is 2.89. The molecular formula is C15H21N3O. The smallest absolute Gasteiger partial charge is 0.119 e. The van der Waals surface area contributed by atoms with Crippen LogP contribution in [0.25, 0.3) is 11.3 Å². The molecule has 1 aromatic heterocycles. The van der Waals surface area contributed by atoms with Gasteiger partial charge in [-0.2, -0.15) is 5.10 Å². The second-order valence-corrected chi connectivity index (χ2v) is 5.51. The molecule has 4 heteroatoms. The van der Waals surface area contributed by atoms with E-state index < -0.39 is 0 Å². The Bertz CT molecular complexity index is 550. The highest BCUT2D eigenvalue weighted by Gasteiger charge is 2.17. The maximum Gasteiger partial charge on any atom is 0.119 e. The number of nitrogen functional groups attached to an aromatic ring is 1. The van der Waals surface area contributed by atoms with Crippen molar-refractivity contribution in [1.29, 1.82) is 0 Å². The maximum absolute atomic E-state index is 6.05. The molecule has 4 nitrogen and oxygen atoms in total. The molecule has 0 amide bonds. The summed E-state index contributed by atoms with van der Waals surface area (Å²) in [5.41, 5.74) is 8.50. The van der Waals surface area contributed by atoms with Gasteiger partial charge in [0.05, 0.1) is 17.8 Å². The minimum atomic E-state index is -0.0718. The molecule has 0 saturated carbocycles. The van der Waals surface area contributed by atoms with Gasteiger partial charge in [0.2, 0.25) is 0 Å². The number of nitrogens with two attached hydrogens (primary N) is 1. The average molecular weight is 259 g/mol. The average Bonchev–Trinajstić information content (AvgIpc) is 2.73. The van der Waals surface area contributed by atoms with E-state index in [1.807, 2.05) is 42.1 Å². The van der Waals surface area contributed by atoms with Gasteiger partial charge < -0.3 is 10.5 Å². The van der Waals surface area contributed by atoms with E-state index in [0.29, 0.717) is 12.3 Å². The Hall–Kier alpha value is -1.97. The van der Waals surface area contributed by atoms with Crippen LogP contribution in [0, 0.1) is 0 Å². The van der Waals surface area contributed by atoms with Crippen molar-refractivity contribution in [3.05, 3.63) is 30.5 Å². The van der Waals surface area contributed by atoms with Crippen LogP contribution >= 0.6 is 0 Å². The molecule has 0 saturated heterocycles. The highest BCUT2D eigenvalue weighted by atomic mass is 16.5. The van der Waals surface area contributed by atoms with Crippen LogP contribution in [-0.2, 0) is 5.54 Å². The van der Waals surface area contributed by atoms with Gasteiger partial charge >= 0.3 is 0 Å². The fraction of sp³-hybridized carbons (Fsp3) is 0.400. The van der Waals surface area contributed by atoms with E-state index in [4.69, 9.17) is 10.5 Å². The first kappa shape index (κ1) is 13.5. The van der Waals surface area contributed by atoms with Crippen molar-refractivity contribution in [2.75, 3.05) is 12.3 Å². The molecule has 19 heavy (non-hydrogen) atoms. The summed E-state index contributed by atoms with van der Waals surface area (Å²) in [6.07, 6.45) is 1.88. The van der Waals surface area contributed by atoms with E-state index in [-0.39, 0.29) is 5.54 Å². The zero-order chi connectivity index (χ0) is 14.0. The summed E-state index contributed by atoms with van der Waals surface area (Å²) in [7, 11) is 0. The van der Waals surface area contributed by atoms with Crippen molar-refractivity contribution in [2.45, 2.75) is 33.2 Å². The number of nitrogens with zero attached hydrogens (tertiary/aromatic N) is 2. The molecule has 102 valence electrons. The summed E-state index contributed by atoms with van der Waals surface area (Å²) in [5.74, 6) is 0.861. The first-order chi connectivity index (χ1) is 8.91. The lowest BCUT2D eigenvalue weighted by atomic mass is 10.1. The molecule has 0 aliphatic heterocycles. The molecule has 2 rings (SSSR count). The van der Waals surface area contributed by atoms with Crippen molar-refractivity contribution in [1.82, 2.24) is 9.78 Å². The van der Waals surface area contributed by atoms with E-state index in [1.54, 1.807) is 0 Å². The Kier molecular flexibility index (Phi) is 3.51. The molecule has 2 N–H and O–H groups in total. The van der Waals surface area contributed by atoms with E-state index in [1.165, 1.54) is 0 Å². The Morgan fingerprint density at radius 1 is 1.21 bits per heavy atom. The fourth-order valence-corrected chi connectivity index (χ4v) is 1.83. The van der Waals surface area contributed by atoms with Crippen LogP contribution in [0.4, 0.5) is 5.69 Å². The molecule has 0 unspecified atom stereocenters. The minimum absolute atomic E-state index is 0.0718. The van der Waals surface area contributed by atoms with Crippen LogP contribution in [0.3, 0.4) is 0 Å². The zero-order valence-corrected chi connectivity index (χ0v) is 12.0. The lowest BCUT2D eigenvalue weighted by molar-refractivity contribution is 0.340. The summed E-state index contributed by atoms with van der Waals surface area (Å²) < 4.78 is 7.33. The van der Waals surface area contributed by atoms with Gasteiger partial charge in [0.15, 0.2) is 0 Å². The summed E-state index contributed by atoms with van der Waals surface area (Å²) in [6, 6.07) is 7.84. The number of benzene rings is 1. The highest BCUT2D eigenvalue weighted by molar-refractivity contribution is 5.72. The second kappa shape index (κ2) is 4.96. The van der Waals surface area contributed by atoms with Crippen LogP contribution in [-0.4, -0.2) is 16.4 Å². The number of hydrogen-bond donors (Lipinski definition) is 1. The van der Waals surface area contributed by atoms with Gasteiger partial charge in [-0.25, -0.2) is 0 Å². The maximum atomic E-state index is 6.05. The van der Waals surface area contributed by atoms with E-state index >= 15 is 0 Å². The molecule has 1 heterocycles. The van der Waals surface area contributed by atoms with Crippen LogP contribution < -0.4 is 10.5 Å². The molecule has 0 aliphatic carbocycles. The highest BCUT2D eigenvalue weighted by Crippen LogP contribution is 2.28. The largest absolute Gasteiger partial charge is 0.494 e. The van der Waals surface area contributed by atoms with Crippen LogP contribution in [0.5, 0.6) is 5.75 Å². The SMILES string of the molecule is CCOc1ccc(-c2nn(C(C)(C)C)cc2N)cc1. The monoisotopic (exact) mass is 259 g/mol. The number of hydrogen-bond acceptors (Lipinski definition) is 3. The Morgan fingerprint density at radius 2 is 1.84 bits per heavy atom. The third-order valence-electron chi connectivity index (χ3n) is 2.87. The van der Waals surface area contributed by atoms with E-state index in [2.05, 4.69) is 25.9 Å². The van der Waals surface area contributed by atoms with Crippen molar-refractivity contribution in [3.8, 4) is 17.0 Å². The summed E-state index contributed by atoms with van der Waals surface area (Å²) in [5, 5.41) is 4.58. The molecule has 0 bridgehead atoms. The zero-order valence-electron chi connectivity index (χ0n) is 12.0. The number of aromatic nitrogens is 2. The predicted octanol–water partition coefficient (Wildman–Crippen LogP) is 3.29. The third-order valence-corrected chi connectivity index (χ3v) is 2.87. The van der Waals surface area contributed by atoms with Crippen molar-refractivity contribution in [2.24, 2.45) is 0 Å². The van der Waals surface area contributed by atoms with E-state index in [0.717, 1.165) is 17.0 Å². The van der Waals surface area contributed by atoms with Crippen LogP contribution in [0.1, 0.15) is 27.7 Å². The lowest BCUT2D eigenvalue weighted by Gasteiger charge is -2.18. The van der Waals surface area contributed by atoms with Gasteiger partial charge in [-0.05, 0) is 52.0 Å². The van der Waals surface area contributed by atoms with Gasteiger partial charge in [-0.15, -0.1) is 0 Å². The molecular weight excluding hydrogens is 238 g/mol. The normalized spacial score (nSPS) is 11.6. The Balaban J connectivity index is 2.34. The van der Waals surface area contributed by atoms with Gasteiger partial charge in [-0.1, -0.05) is 0 Å². The van der Waals surface area contributed by atoms with Crippen molar-refractivity contribution < 1.29 is 4.74 Å². The molecule has 0 fully saturated rings. The fourth-order valence-electron chi connectivity index (χ4n) is 1.83. The topological polar surface area (TPSA) is 53.1 Å². The quantitative estimate of drug-likeness (QED) is 0.920.